The third-order valence-electron chi connectivity index (χ3n) is 5.45. The number of carbonyl (C=O) groups is 2. The number of hydrogen-bond acceptors (Lipinski definition) is 7. The molecular formula is C26H23N3O5. The van der Waals surface area contributed by atoms with Crippen molar-refractivity contribution in [1.82, 2.24) is 14.5 Å². The van der Waals surface area contributed by atoms with Crippen molar-refractivity contribution in [3.63, 3.8) is 0 Å². The lowest BCUT2D eigenvalue weighted by Gasteiger charge is -2.16. The zero-order valence-electron chi connectivity index (χ0n) is 19.0. The number of esters is 2. The van der Waals surface area contributed by atoms with Gasteiger partial charge in [0.2, 0.25) is 5.88 Å². The van der Waals surface area contributed by atoms with Crippen LogP contribution >= 0.6 is 0 Å². The molecule has 0 unspecified atom stereocenters. The molecule has 34 heavy (non-hydrogen) atoms. The molecule has 8 nitrogen and oxygen atoms in total. The van der Waals surface area contributed by atoms with Crippen molar-refractivity contribution in [2.24, 2.45) is 0 Å². The van der Waals surface area contributed by atoms with E-state index in [1.165, 1.54) is 20.5 Å². The topological polar surface area (TPSA) is 92.5 Å². The second-order valence-corrected chi connectivity index (χ2v) is 7.28. The largest absolute Gasteiger partial charge is 0.480 e. The van der Waals surface area contributed by atoms with Gasteiger partial charge < -0.3 is 18.8 Å². The maximum Gasteiger partial charge on any atom is 0.338 e. The molecule has 0 saturated heterocycles. The van der Waals surface area contributed by atoms with Gasteiger partial charge in [-0.2, -0.15) is 0 Å². The van der Waals surface area contributed by atoms with Crippen LogP contribution in [0.1, 0.15) is 31.8 Å². The van der Waals surface area contributed by atoms with Gasteiger partial charge in [0.05, 0.1) is 37.8 Å². The van der Waals surface area contributed by atoms with Gasteiger partial charge in [0.1, 0.15) is 12.0 Å². The van der Waals surface area contributed by atoms with E-state index in [1.807, 2.05) is 47.2 Å². The van der Waals surface area contributed by atoms with Crippen LogP contribution in [0.2, 0.25) is 0 Å². The van der Waals surface area contributed by atoms with Gasteiger partial charge in [0.15, 0.2) is 0 Å². The summed E-state index contributed by atoms with van der Waals surface area (Å²) in [6.45, 7) is 0.407. The molecule has 0 bridgehead atoms. The fourth-order valence-corrected chi connectivity index (χ4v) is 3.86. The average Bonchev–Trinajstić information content (AvgIpc) is 3.31. The second-order valence-electron chi connectivity index (χ2n) is 7.28. The molecule has 172 valence electrons. The van der Waals surface area contributed by atoms with E-state index in [0.717, 1.165) is 5.39 Å². The fraction of sp³-hybridized carbons (Fsp3) is 0.154. The van der Waals surface area contributed by atoms with Gasteiger partial charge >= 0.3 is 11.9 Å². The zero-order valence-corrected chi connectivity index (χ0v) is 19.0. The Labute approximate surface area is 196 Å². The molecule has 0 aliphatic rings. The molecule has 0 amide bonds. The summed E-state index contributed by atoms with van der Waals surface area (Å²) in [5.74, 6) is -0.457. The summed E-state index contributed by atoms with van der Waals surface area (Å²) in [7, 11) is 4.23. The Balaban J connectivity index is 1.90. The van der Waals surface area contributed by atoms with E-state index >= 15 is 0 Å². The monoisotopic (exact) mass is 457 g/mol. The second kappa shape index (κ2) is 9.99. The lowest BCUT2D eigenvalue weighted by atomic mass is 9.90. The highest BCUT2D eigenvalue weighted by Crippen LogP contribution is 2.31. The van der Waals surface area contributed by atoms with Crippen molar-refractivity contribution < 1.29 is 23.8 Å². The minimum atomic E-state index is -0.471. The lowest BCUT2D eigenvalue weighted by molar-refractivity contribution is 0.0592. The Morgan fingerprint density at radius 3 is 1.91 bits per heavy atom. The number of allylic oxidation sites excluding steroid dienone is 1. The van der Waals surface area contributed by atoms with Crippen LogP contribution in [0.5, 0.6) is 5.88 Å². The number of ether oxygens (including phenoxy) is 3. The average molecular weight is 457 g/mol. The highest BCUT2D eigenvalue weighted by molar-refractivity contribution is 6.02. The van der Waals surface area contributed by atoms with Crippen LogP contribution in [0.3, 0.4) is 0 Å². The number of benzene rings is 2. The number of carbonyl (C=O) groups excluding carboxylic acids is 2. The molecule has 2 aromatic heterocycles. The molecule has 0 saturated carbocycles. The van der Waals surface area contributed by atoms with Crippen molar-refractivity contribution in [1.29, 1.82) is 0 Å². The minimum absolute atomic E-state index is 0.386. The Kier molecular flexibility index (Phi) is 6.68. The fourth-order valence-electron chi connectivity index (χ4n) is 3.86. The summed E-state index contributed by atoms with van der Waals surface area (Å²) in [4.78, 5) is 33.6. The van der Waals surface area contributed by atoms with Crippen LogP contribution in [0.4, 0.5) is 0 Å². The highest BCUT2D eigenvalue weighted by atomic mass is 16.5. The summed E-state index contributed by atoms with van der Waals surface area (Å²) in [6.07, 6.45) is 5.27. The third-order valence-corrected chi connectivity index (χ3v) is 5.45. The van der Waals surface area contributed by atoms with E-state index in [4.69, 9.17) is 14.2 Å². The first-order valence-corrected chi connectivity index (χ1v) is 10.5. The van der Waals surface area contributed by atoms with Crippen LogP contribution in [-0.2, 0) is 16.0 Å². The molecular weight excluding hydrogens is 434 g/mol. The summed E-state index contributed by atoms with van der Waals surface area (Å²) in [5.41, 5.74) is 3.42. The standard InChI is InChI=1S/C26H23N3O5/c1-32-24-22-13-15-29(23(22)27-16-28-24)14-12-19(17-8-4-6-10-20(17)25(30)33-2)18-9-5-7-11-21(18)26(31)34-3/h4-13,15-16H,14H2,1-3H3. The molecule has 4 aromatic rings. The van der Waals surface area contributed by atoms with E-state index in [2.05, 4.69) is 9.97 Å². The van der Waals surface area contributed by atoms with Gasteiger partial charge in [-0.1, -0.05) is 42.5 Å². The molecule has 0 aliphatic heterocycles. The smallest absolute Gasteiger partial charge is 0.338 e. The summed E-state index contributed by atoms with van der Waals surface area (Å²) in [5, 5.41) is 0.782. The molecule has 0 N–H and O–H groups in total. The number of rotatable bonds is 7. The Hall–Kier alpha value is -4.46. The quantitative estimate of drug-likeness (QED) is 0.385. The predicted molar refractivity (Wildman–Crippen MR) is 127 cm³/mol. The molecule has 0 atom stereocenters. The van der Waals surface area contributed by atoms with Crippen molar-refractivity contribution in [3.8, 4) is 5.88 Å². The SMILES string of the molecule is COC(=O)c1ccccc1C(=CCn1ccc2c(OC)ncnc21)c1ccccc1C(=O)OC. The molecule has 0 aliphatic carbocycles. The van der Waals surface area contributed by atoms with Crippen molar-refractivity contribution in [2.45, 2.75) is 6.54 Å². The molecule has 0 fully saturated rings. The van der Waals surface area contributed by atoms with Crippen LogP contribution in [0.15, 0.2) is 73.2 Å². The summed E-state index contributed by atoms with van der Waals surface area (Å²) >= 11 is 0. The predicted octanol–water partition coefficient (Wildman–Crippen LogP) is 4.15. The van der Waals surface area contributed by atoms with Gasteiger partial charge in [0.25, 0.3) is 0 Å². The molecule has 0 radical (unpaired) electrons. The maximum absolute atomic E-state index is 12.5. The van der Waals surface area contributed by atoms with E-state index in [0.29, 0.717) is 45.9 Å². The van der Waals surface area contributed by atoms with Crippen LogP contribution < -0.4 is 4.74 Å². The van der Waals surface area contributed by atoms with Crippen molar-refractivity contribution in [3.05, 3.63) is 95.5 Å². The summed E-state index contributed by atoms with van der Waals surface area (Å²) in [6, 6.07) is 16.1. The molecule has 2 aromatic carbocycles. The number of hydrogen-bond donors (Lipinski definition) is 0. The number of nitrogens with zero attached hydrogens (tertiary/aromatic N) is 3. The third kappa shape index (κ3) is 4.25. The molecule has 8 heteroatoms. The maximum atomic E-state index is 12.5. The summed E-state index contributed by atoms with van der Waals surface area (Å²) < 4.78 is 17.3. The van der Waals surface area contributed by atoms with E-state index in [-0.39, 0.29) is 0 Å². The first-order chi connectivity index (χ1) is 16.6. The lowest BCUT2D eigenvalue weighted by Crippen LogP contribution is -2.10. The van der Waals surface area contributed by atoms with E-state index in [9.17, 15) is 9.59 Å². The minimum Gasteiger partial charge on any atom is -0.480 e. The van der Waals surface area contributed by atoms with Gasteiger partial charge in [-0.3, -0.25) is 0 Å². The van der Waals surface area contributed by atoms with Gasteiger partial charge in [-0.15, -0.1) is 0 Å². The highest BCUT2D eigenvalue weighted by Gasteiger charge is 2.20. The van der Waals surface area contributed by atoms with Crippen LogP contribution in [0.25, 0.3) is 16.6 Å². The van der Waals surface area contributed by atoms with Crippen LogP contribution in [0, 0.1) is 0 Å². The van der Waals surface area contributed by atoms with Gasteiger partial charge in [-0.25, -0.2) is 19.6 Å². The van der Waals surface area contributed by atoms with Crippen molar-refractivity contribution >= 4 is 28.5 Å². The number of aromatic nitrogens is 3. The Bertz CT molecular complexity index is 1330. The molecule has 0 spiro atoms. The van der Waals surface area contributed by atoms with Crippen molar-refractivity contribution in [2.75, 3.05) is 21.3 Å². The first-order valence-electron chi connectivity index (χ1n) is 10.5. The zero-order chi connectivity index (χ0) is 24.1. The number of methoxy groups -OCH3 is 3. The Morgan fingerprint density at radius 2 is 1.38 bits per heavy atom. The van der Waals surface area contributed by atoms with Crippen LogP contribution in [-0.4, -0.2) is 47.8 Å². The first kappa shape index (κ1) is 22.7. The molecule has 4 rings (SSSR count). The van der Waals surface area contributed by atoms with E-state index in [1.54, 1.807) is 31.4 Å². The van der Waals surface area contributed by atoms with Gasteiger partial charge in [0, 0.05) is 12.7 Å². The Morgan fingerprint density at radius 1 is 0.824 bits per heavy atom. The number of fused-ring (bicyclic) bond motifs is 1. The van der Waals surface area contributed by atoms with E-state index < -0.39 is 11.9 Å². The van der Waals surface area contributed by atoms with Gasteiger partial charge in [-0.05, 0) is 34.9 Å². The molecule has 2 heterocycles. The normalized spacial score (nSPS) is 10.6.